The second kappa shape index (κ2) is 8.95. The standard InChI is InChI=1S/C15H28N4O3/c1-16-15(17-6-4-11-21-2)19-9-7-18(8-10-19)14(20)13-5-3-12-22-13/h13H,3-12H2,1-2H3,(H,16,17). The minimum absolute atomic E-state index is 0.153. The number of methoxy groups -OCH3 is 1. The minimum atomic E-state index is -0.210. The van der Waals surface area contributed by atoms with Crippen molar-refractivity contribution in [3.63, 3.8) is 0 Å². The zero-order valence-corrected chi connectivity index (χ0v) is 13.7. The highest BCUT2D eigenvalue weighted by molar-refractivity contribution is 5.82. The van der Waals surface area contributed by atoms with Crippen molar-refractivity contribution in [2.45, 2.75) is 25.4 Å². The van der Waals surface area contributed by atoms with E-state index < -0.39 is 0 Å². The molecule has 0 aliphatic carbocycles. The molecule has 2 fully saturated rings. The van der Waals surface area contributed by atoms with Crippen LogP contribution in [0.1, 0.15) is 19.3 Å². The summed E-state index contributed by atoms with van der Waals surface area (Å²) < 4.78 is 10.5. The zero-order chi connectivity index (χ0) is 15.8. The molecule has 1 N–H and O–H groups in total. The Morgan fingerprint density at radius 3 is 2.64 bits per heavy atom. The van der Waals surface area contributed by atoms with Crippen LogP contribution in [0.25, 0.3) is 0 Å². The Morgan fingerprint density at radius 2 is 2.05 bits per heavy atom. The van der Waals surface area contributed by atoms with E-state index in [1.165, 1.54) is 0 Å². The molecule has 2 saturated heterocycles. The van der Waals surface area contributed by atoms with Crippen LogP contribution in [-0.4, -0.2) is 87.9 Å². The van der Waals surface area contributed by atoms with Gasteiger partial charge in [-0.15, -0.1) is 0 Å². The molecule has 0 saturated carbocycles. The van der Waals surface area contributed by atoms with E-state index in [1.807, 2.05) is 4.90 Å². The Morgan fingerprint density at radius 1 is 1.32 bits per heavy atom. The molecule has 7 nitrogen and oxygen atoms in total. The largest absolute Gasteiger partial charge is 0.385 e. The van der Waals surface area contributed by atoms with Gasteiger partial charge in [0.15, 0.2) is 5.96 Å². The predicted molar refractivity (Wildman–Crippen MR) is 85.0 cm³/mol. The molecule has 0 aromatic carbocycles. The van der Waals surface area contributed by atoms with Crippen LogP contribution >= 0.6 is 0 Å². The molecule has 0 bridgehead atoms. The third kappa shape index (κ3) is 4.58. The van der Waals surface area contributed by atoms with Gasteiger partial charge in [0.25, 0.3) is 5.91 Å². The number of piperazine rings is 1. The third-order valence-electron chi connectivity index (χ3n) is 4.12. The number of ether oxygens (including phenoxy) is 2. The average molecular weight is 312 g/mol. The van der Waals surface area contributed by atoms with E-state index in [-0.39, 0.29) is 12.0 Å². The second-order valence-corrected chi connectivity index (χ2v) is 5.63. The molecular weight excluding hydrogens is 284 g/mol. The lowest BCUT2D eigenvalue weighted by molar-refractivity contribution is -0.142. The number of hydrogen-bond donors (Lipinski definition) is 1. The first-order chi connectivity index (χ1) is 10.8. The molecule has 2 rings (SSSR count). The smallest absolute Gasteiger partial charge is 0.251 e. The lowest BCUT2D eigenvalue weighted by Gasteiger charge is -2.37. The van der Waals surface area contributed by atoms with Gasteiger partial charge >= 0.3 is 0 Å². The summed E-state index contributed by atoms with van der Waals surface area (Å²) in [6.07, 6.45) is 2.60. The quantitative estimate of drug-likeness (QED) is 0.437. The van der Waals surface area contributed by atoms with Gasteiger partial charge in [-0.3, -0.25) is 9.79 Å². The summed E-state index contributed by atoms with van der Waals surface area (Å²) in [6, 6.07) is 0. The molecular formula is C15H28N4O3. The van der Waals surface area contributed by atoms with Gasteiger partial charge in [-0.25, -0.2) is 0 Å². The molecule has 1 unspecified atom stereocenters. The van der Waals surface area contributed by atoms with Crippen LogP contribution in [0.3, 0.4) is 0 Å². The van der Waals surface area contributed by atoms with Gasteiger partial charge in [-0.1, -0.05) is 0 Å². The summed E-state index contributed by atoms with van der Waals surface area (Å²) in [5.74, 6) is 1.06. The highest BCUT2D eigenvalue weighted by Gasteiger charge is 2.30. The Hall–Kier alpha value is -1.34. The molecule has 0 radical (unpaired) electrons. The maximum Gasteiger partial charge on any atom is 0.251 e. The van der Waals surface area contributed by atoms with Crippen LogP contribution in [0, 0.1) is 0 Å². The fourth-order valence-corrected chi connectivity index (χ4v) is 2.86. The number of hydrogen-bond acceptors (Lipinski definition) is 4. The van der Waals surface area contributed by atoms with Crippen molar-refractivity contribution in [1.29, 1.82) is 0 Å². The van der Waals surface area contributed by atoms with Gasteiger partial charge in [0.2, 0.25) is 0 Å². The third-order valence-corrected chi connectivity index (χ3v) is 4.12. The fourth-order valence-electron chi connectivity index (χ4n) is 2.86. The van der Waals surface area contributed by atoms with Crippen molar-refractivity contribution >= 4 is 11.9 Å². The van der Waals surface area contributed by atoms with Crippen LogP contribution in [-0.2, 0) is 14.3 Å². The van der Waals surface area contributed by atoms with Gasteiger partial charge in [0.05, 0.1) is 0 Å². The highest BCUT2D eigenvalue weighted by Crippen LogP contribution is 2.16. The van der Waals surface area contributed by atoms with Gasteiger partial charge < -0.3 is 24.6 Å². The van der Waals surface area contributed by atoms with E-state index in [2.05, 4.69) is 15.2 Å². The molecule has 2 aliphatic heterocycles. The van der Waals surface area contributed by atoms with Gasteiger partial charge in [-0.05, 0) is 19.3 Å². The van der Waals surface area contributed by atoms with Gasteiger partial charge in [0.1, 0.15) is 6.10 Å². The van der Waals surface area contributed by atoms with E-state index in [0.717, 1.165) is 64.6 Å². The van der Waals surface area contributed by atoms with Crippen LogP contribution in [0.5, 0.6) is 0 Å². The van der Waals surface area contributed by atoms with Crippen LogP contribution < -0.4 is 5.32 Å². The molecule has 2 aliphatic rings. The molecule has 2 heterocycles. The molecule has 22 heavy (non-hydrogen) atoms. The maximum atomic E-state index is 12.3. The number of carbonyl (C=O) groups excluding carboxylic acids is 1. The van der Waals surface area contributed by atoms with E-state index in [1.54, 1.807) is 14.2 Å². The topological polar surface area (TPSA) is 66.4 Å². The fraction of sp³-hybridized carbons (Fsp3) is 0.867. The van der Waals surface area contributed by atoms with Crippen LogP contribution in [0.4, 0.5) is 0 Å². The first-order valence-corrected chi connectivity index (χ1v) is 8.11. The molecule has 1 amide bonds. The minimum Gasteiger partial charge on any atom is -0.385 e. The van der Waals surface area contributed by atoms with E-state index in [9.17, 15) is 4.79 Å². The molecule has 126 valence electrons. The lowest BCUT2D eigenvalue weighted by Crippen LogP contribution is -2.55. The predicted octanol–water partition coefficient (Wildman–Crippen LogP) is -0.0785. The van der Waals surface area contributed by atoms with Crippen molar-refractivity contribution in [3.8, 4) is 0 Å². The first-order valence-electron chi connectivity index (χ1n) is 8.11. The Kier molecular flexibility index (Phi) is 6.92. The highest BCUT2D eigenvalue weighted by atomic mass is 16.5. The number of nitrogens with zero attached hydrogens (tertiary/aromatic N) is 3. The first kappa shape index (κ1) is 17.0. The molecule has 1 atom stereocenters. The molecule has 0 spiro atoms. The summed E-state index contributed by atoms with van der Waals surface area (Å²) in [4.78, 5) is 20.8. The summed E-state index contributed by atoms with van der Waals surface area (Å²) in [5, 5.41) is 3.34. The Bertz CT molecular complexity index is 375. The maximum absolute atomic E-state index is 12.3. The summed E-state index contributed by atoms with van der Waals surface area (Å²) in [5.41, 5.74) is 0. The zero-order valence-electron chi connectivity index (χ0n) is 13.7. The second-order valence-electron chi connectivity index (χ2n) is 5.63. The number of nitrogens with one attached hydrogen (secondary N) is 1. The van der Waals surface area contributed by atoms with Crippen molar-refractivity contribution in [2.75, 3.05) is 60.1 Å². The van der Waals surface area contributed by atoms with Crippen LogP contribution in [0.15, 0.2) is 4.99 Å². The van der Waals surface area contributed by atoms with Crippen molar-refractivity contribution in [2.24, 2.45) is 4.99 Å². The van der Waals surface area contributed by atoms with Crippen molar-refractivity contribution in [1.82, 2.24) is 15.1 Å². The van der Waals surface area contributed by atoms with E-state index >= 15 is 0 Å². The summed E-state index contributed by atoms with van der Waals surface area (Å²) in [6.45, 7) is 5.39. The number of rotatable bonds is 5. The van der Waals surface area contributed by atoms with Gasteiger partial charge in [0, 0.05) is 60.1 Å². The van der Waals surface area contributed by atoms with Crippen molar-refractivity contribution < 1.29 is 14.3 Å². The molecule has 0 aromatic heterocycles. The number of amides is 1. The Labute approximate surface area is 132 Å². The number of carbonyl (C=O) groups is 1. The van der Waals surface area contributed by atoms with Crippen LogP contribution in [0.2, 0.25) is 0 Å². The monoisotopic (exact) mass is 312 g/mol. The van der Waals surface area contributed by atoms with Gasteiger partial charge in [-0.2, -0.15) is 0 Å². The molecule has 7 heteroatoms. The lowest BCUT2D eigenvalue weighted by atomic mass is 10.2. The van der Waals surface area contributed by atoms with E-state index in [0.29, 0.717) is 6.61 Å². The number of aliphatic imine (C=N–C) groups is 1. The summed E-state index contributed by atoms with van der Waals surface area (Å²) in [7, 11) is 3.50. The normalized spacial score (nSPS) is 23.0. The average Bonchev–Trinajstić information content (AvgIpc) is 3.09. The summed E-state index contributed by atoms with van der Waals surface area (Å²) >= 11 is 0. The van der Waals surface area contributed by atoms with Crippen molar-refractivity contribution in [3.05, 3.63) is 0 Å². The SMILES string of the molecule is CN=C(NCCCOC)N1CCN(C(=O)C2CCCO2)CC1. The molecule has 0 aromatic rings. The number of guanidine groups is 1. The Balaban J connectivity index is 1.74. The van der Waals surface area contributed by atoms with E-state index in [4.69, 9.17) is 9.47 Å².